The smallest absolute Gasteiger partial charge is 0.810 e. The molecule has 2 unspecified atom stereocenters. The van der Waals surface area contributed by atoms with Crippen LogP contribution >= 0.6 is 15.2 Å². The van der Waals surface area contributed by atoms with Crippen molar-refractivity contribution in [2.75, 3.05) is 0 Å². The Morgan fingerprint density at radius 3 is 1.93 bits per heavy atom. The molecule has 2 aromatic carbocycles. The topological polar surface area (TPSA) is 124 Å². The SMILES string of the molecule is O=P([O-])([O-])C(CCCc1cccc(-c2ccccc2)c1)P(=O)([O-])O.[K+].[K+].[K+]. The van der Waals surface area contributed by atoms with Gasteiger partial charge >= 0.3 is 154 Å². The first-order chi connectivity index (χ1) is 11.2. The van der Waals surface area contributed by atoms with Crippen molar-refractivity contribution in [2.45, 2.75) is 24.7 Å². The summed E-state index contributed by atoms with van der Waals surface area (Å²) in [6.07, 6.45) is 0.137. The minimum absolute atomic E-state index is 0. The molecule has 1 N–H and O–H groups in total. The molecular formula is C16H17K3O6P2. The zero-order chi connectivity index (χ0) is 17.8. The fourth-order valence-corrected chi connectivity index (χ4v) is 4.96. The summed E-state index contributed by atoms with van der Waals surface area (Å²) in [6, 6.07) is 17.2. The van der Waals surface area contributed by atoms with Gasteiger partial charge in [-0.2, -0.15) is 0 Å². The van der Waals surface area contributed by atoms with E-state index in [9.17, 15) is 23.8 Å². The van der Waals surface area contributed by atoms with Gasteiger partial charge in [0.1, 0.15) is 7.60 Å². The molecule has 2 aromatic rings. The second-order valence-electron chi connectivity index (χ2n) is 5.54. The van der Waals surface area contributed by atoms with Gasteiger partial charge in [0.05, 0.1) is 5.40 Å². The largest absolute Gasteiger partial charge is 1.00 e. The molecule has 2 rings (SSSR count). The van der Waals surface area contributed by atoms with Crippen molar-refractivity contribution < 1.29 is 183 Å². The number of benzene rings is 2. The molecule has 0 aliphatic heterocycles. The third kappa shape index (κ3) is 11.9. The van der Waals surface area contributed by atoms with E-state index in [0.29, 0.717) is 6.42 Å². The summed E-state index contributed by atoms with van der Waals surface area (Å²) in [5.41, 5.74) is 2.90. The average molecular weight is 485 g/mol. The van der Waals surface area contributed by atoms with Crippen molar-refractivity contribution in [3.05, 3.63) is 60.2 Å². The zero-order valence-electron chi connectivity index (χ0n) is 15.8. The minimum Gasteiger partial charge on any atom is -0.810 e. The third-order valence-corrected chi connectivity index (χ3v) is 7.43. The maximum atomic E-state index is 11.1. The summed E-state index contributed by atoms with van der Waals surface area (Å²) in [6.45, 7) is 0. The number of hydrogen-bond donors (Lipinski definition) is 1. The molecule has 0 heterocycles. The third-order valence-electron chi connectivity index (χ3n) is 3.70. The Morgan fingerprint density at radius 1 is 0.852 bits per heavy atom. The van der Waals surface area contributed by atoms with E-state index in [0.717, 1.165) is 16.7 Å². The van der Waals surface area contributed by atoms with E-state index in [-0.39, 0.29) is 161 Å². The molecule has 0 spiro atoms. The first-order valence-electron chi connectivity index (χ1n) is 7.37. The van der Waals surface area contributed by atoms with Crippen LogP contribution in [0.25, 0.3) is 11.1 Å². The van der Waals surface area contributed by atoms with Crippen LogP contribution in [0, 0.1) is 0 Å². The Morgan fingerprint density at radius 2 is 1.41 bits per heavy atom. The molecule has 0 saturated heterocycles. The predicted octanol–water partition coefficient (Wildman–Crippen LogP) is -7.53. The minimum atomic E-state index is -5.40. The first kappa shape index (κ1) is 32.8. The molecule has 0 amide bonds. The molecule has 0 radical (unpaired) electrons. The molecule has 0 fully saturated rings. The van der Waals surface area contributed by atoms with Gasteiger partial charge in [0.15, 0.2) is 0 Å². The van der Waals surface area contributed by atoms with Gasteiger partial charge in [0.25, 0.3) is 0 Å². The van der Waals surface area contributed by atoms with Crippen LogP contribution in [0.4, 0.5) is 0 Å². The van der Waals surface area contributed by atoms with Gasteiger partial charge < -0.3 is 28.7 Å². The summed E-state index contributed by atoms with van der Waals surface area (Å²) in [5, 5.41) is -2.26. The zero-order valence-corrected chi connectivity index (χ0v) is 26.9. The Balaban J connectivity index is 0. The van der Waals surface area contributed by atoms with Crippen LogP contribution in [0.1, 0.15) is 18.4 Å². The normalized spacial score (nSPS) is 13.9. The van der Waals surface area contributed by atoms with Crippen molar-refractivity contribution >= 4 is 15.2 Å². The molecular weight excluding hydrogens is 467 g/mol. The predicted molar refractivity (Wildman–Crippen MR) is 86.0 cm³/mol. The fourth-order valence-electron chi connectivity index (χ4n) is 2.53. The number of hydrogen-bond acceptors (Lipinski definition) is 5. The molecule has 0 aliphatic rings. The monoisotopic (exact) mass is 484 g/mol. The number of aryl methyl sites for hydroxylation is 1. The van der Waals surface area contributed by atoms with E-state index in [1.807, 2.05) is 54.6 Å². The Bertz CT molecular complexity index is 757. The Hall–Kier alpha value is 3.65. The van der Waals surface area contributed by atoms with Gasteiger partial charge in [0, 0.05) is 0 Å². The summed E-state index contributed by atoms with van der Waals surface area (Å²) in [7, 11) is -10.6. The standard InChI is InChI=1S/C16H20O6P2.3K/c17-23(18,19)16(24(20,21)22)11-5-7-13-6-4-10-15(12-13)14-8-2-1-3-9-14;;;/h1-4,6,8-10,12,16H,5,7,11H2,(H2,17,18,19)(H2,20,21,22);;;/q;3*+1/p-3. The van der Waals surface area contributed by atoms with E-state index in [2.05, 4.69) is 0 Å². The van der Waals surface area contributed by atoms with Crippen molar-refractivity contribution in [3.8, 4) is 11.1 Å². The van der Waals surface area contributed by atoms with Crippen LogP contribution in [-0.2, 0) is 15.6 Å². The molecule has 130 valence electrons. The second-order valence-corrected chi connectivity index (χ2v) is 9.41. The van der Waals surface area contributed by atoms with Crippen LogP contribution in [0.2, 0.25) is 0 Å². The molecule has 0 bridgehead atoms. The summed E-state index contributed by atoms with van der Waals surface area (Å²) in [4.78, 5) is 42.0. The van der Waals surface area contributed by atoms with E-state index < -0.39 is 27.0 Å². The van der Waals surface area contributed by atoms with Crippen molar-refractivity contribution in [2.24, 2.45) is 0 Å². The Kier molecular flexibility index (Phi) is 18.8. The van der Waals surface area contributed by atoms with Crippen molar-refractivity contribution in [1.29, 1.82) is 0 Å². The van der Waals surface area contributed by atoms with E-state index in [1.165, 1.54) is 0 Å². The van der Waals surface area contributed by atoms with Gasteiger partial charge in [0.2, 0.25) is 0 Å². The quantitative estimate of drug-likeness (QED) is 0.308. The van der Waals surface area contributed by atoms with Crippen LogP contribution in [0.5, 0.6) is 0 Å². The van der Waals surface area contributed by atoms with Gasteiger partial charge in [-0.1, -0.05) is 62.2 Å². The maximum absolute atomic E-state index is 11.1. The molecule has 11 heteroatoms. The second kappa shape index (κ2) is 15.5. The van der Waals surface area contributed by atoms with Crippen LogP contribution < -0.4 is 169 Å². The van der Waals surface area contributed by atoms with Crippen LogP contribution in [0.15, 0.2) is 54.6 Å². The molecule has 2 atom stereocenters. The van der Waals surface area contributed by atoms with E-state index in [1.54, 1.807) is 0 Å². The average Bonchev–Trinajstić information content (AvgIpc) is 2.50. The van der Waals surface area contributed by atoms with Crippen molar-refractivity contribution in [1.82, 2.24) is 0 Å². The van der Waals surface area contributed by atoms with Crippen LogP contribution in [0.3, 0.4) is 0 Å². The summed E-state index contributed by atoms with van der Waals surface area (Å²) >= 11 is 0. The summed E-state index contributed by atoms with van der Waals surface area (Å²) < 4.78 is 22.1. The van der Waals surface area contributed by atoms with E-state index >= 15 is 0 Å². The van der Waals surface area contributed by atoms with Gasteiger partial charge in [-0.3, -0.25) is 0 Å². The number of rotatable bonds is 7. The Labute approximate surface area is 287 Å². The van der Waals surface area contributed by atoms with Gasteiger partial charge in [-0.25, -0.2) is 0 Å². The van der Waals surface area contributed by atoms with Crippen LogP contribution in [-0.4, -0.2) is 10.3 Å². The molecule has 0 aliphatic carbocycles. The molecule has 0 aromatic heterocycles. The maximum Gasteiger partial charge on any atom is 1.00 e. The molecule has 0 saturated carbocycles. The molecule has 6 nitrogen and oxygen atoms in total. The van der Waals surface area contributed by atoms with Gasteiger partial charge in [-0.15, -0.1) is 0 Å². The van der Waals surface area contributed by atoms with Gasteiger partial charge in [-0.05, 0) is 36.0 Å². The first-order valence-corrected chi connectivity index (χ1v) is 10.6. The summed E-state index contributed by atoms with van der Waals surface area (Å²) in [5.74, 6) is 0. The molecule has 27 heavy (non-hydrogen) atoms. The van der Waals surface area contributed by atoms with Crippen molar-refractivity contribution in [3.63, 3.8) is 0 Å². The fraction of sp³-hybridized carbons (Fsp3) is 0.250. The van der Waals surface area contributed by atoms with E-state index in [4.69, 9.17) is 4.89 Å².